The Morgan fingerprint density at radius 3 is 2.67 bits per heavy atom. The number of hydrogen-bond donors (Lipinski definition) is 0. The first-order valence-corrected chi connectivity index (χ1v) is 5.92. The second-order valence-electron chi connectivity index (χ2n) is 3.40. The molecule has 0 bridgehead atoms. The quantitative estimate of drug-likeness (QED) is 0.653. The summed E-state index contributed by atoms with van der Waals surface area (Å²) in [5.41, 5.74) is 1.36. The van der Waals surface area contributed by atoms with Gasteiger partial charge < -0.3 is 0 Å². The van der Waals surface area contributed by atoms with Gasteiger partial charge in [-0.05, 0) is 19.8 Å². The standard InChI is InChI=1S/C10H19NS/c1-4-6-7-10-11-8(3)9(5-2)12-10/h9-10H,4-7H2,1-3H3/t9-,10+/m0/s1. The smallest absolute Gasteiger partial charge is 0.0957 e. The Morgan fingerprint density at radius 1 is 1.42 bits per heavy atom. The molecule has 1 nitrogen and oxygen atoms in total. The minimum atomic E-state index is 0.579. The highest BCUT2D eigenvalue weighted by molar-refractivity contribution is 8.01. The van der Waals surface area contributed by atoms with Crippen LogP contribution in [0.2, 0.25) is 0 Å². The van der Waals surface area contributed by atoms with E-state index in [0.29, 0.717) is 10.6 Å². The molecule has 0 aliphatic carbocycles. The maximum atomic E-state index is 4.66. The van der Waals surface area contributed by atoms with E-state index in [2.05, 4.69) is 37.5 Å². The van der Waals surface area contributed by atoms with Gasteiger partial charge in [0.15, 0.2) is 0 Å². The molecule has 70 valence electrons. The van der Waals surface area contributed by atoms with Gasteiger partial charge in [-0.3, -0.25) is 4.99 Å². The average molecular weight is 185 g/mol. The summed E-state index contributed by atoms with van der Waals surface area (Å²) < 4.78 is 0. The van der Waals surface area contributed by atoms with Crippen LogP contribution < -0.4 is 0 Å². The molecule has 0 aromatic carbocycles. The molecule has 0 spiro atoms. The number of hydrogen-bond acceptors (Lipinski definition) is 2. The summed E-state index contributed by atoms with van der Waals surface area (Å²) in [6, 6.07) is 0. The Hall–Kier alpha value is 0.0200. The summed E-state index contributed by atoms with van der Waals surface area (Å²) >= 11 is 2.05. The number of nitrogens with zero attached hydrogens (tertiary/aromatic N) is 1. The van der Waals surface area contributed by atoms with Crippen molar-refractivity contribution < 1.29 is 0 Å². The summed E-state index contributed by atoms with van der Waals surface area (Å²) in [6.07, 6.45) is 5.13. The zero-order valence-corrected chi connectivity index (χ0v) is 9.16. The molecule has 1 aliphatic rings. The molecule has 0 saturated carbocycles. The predicted octanol–water partition coefficient (Wildman–Crippen LogP) is 3.49. The van der Waals surface area contributed by atoms with Crippen LogP contribution in [0.15, 0.2) is 4.99 Å². The normalized spacial score (nSPS) is 29.1. The fraction of sp³-hybridized carbons (Fsp3) is 0.900. The minimum absolute atomic E-state index is 0.579. The Labute approximate surface area is 80.0 Å². The highest BCUT2D eigenvalue weighted by Gasteiger charge is 2.23. The van der Waals surface area contributed by atoms with E-state index in [0.717, 1.165) is 0 Å². The van der Waals surface area contributed by atoms with Crippen LogP contribution in [0.4, 0.5) is 0 Å². The lowest BCUT2D eigenvalue weighted by Gasteiger charge is -2.07. The Morgan fingerprint density at radius 2 is 2.17 bits per heavy atom. The lowest BCUT2D eigenvalue weighted by atomic mass is 10.2. The number of rotatable bonds is 4. The van der Waals surface area contributed by atoms with Crippen LogP contribution >= 0.6 is 11.8 Å². The number of unbranched alkanes of at least 4 members (excludes halogenated alkanes) is 1. The maximum absolute atomic E-state index is 4.66. The predicted molar refractivity (Wildman–Crippen MR) is 58.1 cm³/mol. The highest BCUT2D eigenvalue weighted by atomic mass is 32.2. The zero-order valence-electron chi connectivity index (χ0n) is 8.34. The van der Waals surface area contributed by atoms with Crippen molar-refractivity contribution in [2.45, 2.75) is 57.1 Å². The summed E-state index contributed by atoms with van der Waals surface area (Å²) in [4.78, 5) is 4.66. The largest absolute Gasteiger partial charge is 0.279 e. The van der Waals surface area contributed by atoms with Gasteiger partial charge in [0.25, 0.3) is 0 Å². The van der Waals surface area contributed by atoms with Crippen molar-refractivity contribution in [3.05, 3.63) is 0 Å². The van der Waals surface area contributed by atoms with Gasteiger partial charge in [-0.2, -0.15) is 0 Å². The summed E-state index contributed by atoms with van der Waals surface area (Å²) in [6.45, 7) is 6.67. The van der Waals surface area contributed by atoms with Crippen molar-refractivity contribution in [1.82, 2.24) is 0 Å². The topological polar surface area (TPSA) is 12.4 Å². The van der Waals surface area contributed by atoms with Crippen LogP contribution in [0, 0.1) is 0 Å². The van der Waals surface area contributed by atoms with Gasteiger partial charge in [0.2, 0.25) is 0 Å². The summed E-state index contributed by atoms with van der Waals surface area (Å²) in [7, 11) is 0. The van der Waals surface area contributed by atoms with Crippen LogP contribution in [0.3, 0.4) is 0 Å². The second kappa shape index (κ2) is 4.90. The fourth-order valence-corrected chi connectivity index (χ4v) is 2.89. The minimum Gasteiger partial charge on any atom is -0.279 e. The van der Waals surface area contributed by atoms with Gasteiger partial charge in [-0.25, -0.2) is 0 Å². The molecule has 0 unspecified atom stereocenters. The van der Waals surface area contributed by atoms with Crippen LogP contribution in [0.5, 0.6) is 0 Å². The molecule has 0 N–H and O–H groups in total. The van der Waals surface area contributed by atoms with E-state index in [1.165, 1.54) is 31.4 Å². The van der Waals surface area contributed by atoms with Crippen molar-refractivity contribution in [3.8, 4) is 0 Å². The molecule has 2 heteroatoms. The molecular formula is C10H19NS. The third-order valence-electron chi connectivity index (χ3n) is 2.31. The molecular weight excluding hydrogens is 166 g/mol. The molecule has 2 atom stereocenters. The summed E-state index contributed by atoms with van der Waals surface area (Å²) in [5, 5.41) is 1.29. The first-order chi connectivity index (χ1) is 5.77. The average Bonchev–Trinajstić information content (AvgIpc) is 2.43. The van der Waals surface area contributed by atoms with Crippen molar-refractivity contribution in [3.63, 3.8) is 0 Å². The van der Waals surface area contributed by atoms with E-state index in [9.17, 15) is 0 Å². The van der Waals surface area contributed by atoms with Gasteiger partial charge in [-0.15, -0.1) is 11.8 Å². The van der Waals surface area contributed by atoms with Crippen LogP contribution in [-0.4, -0.2) is 16.3 Å². The molecule has 0 radical (unpaired) electrons. The summed E-state index contributed by atoms with van der Waals surface area (Å²) in [5.74, 6) is 0. The van der Waals surface area contributed by atoms with E-state index < -0.39 is 0 Å². The molecule has 0 aromatic heterocycles. The van der Waals surface area contributed by atoms with E-state index in [1.54, 1.807) is 0 Å². The molecule has 0 aromatic rings. The van der Waals surface area contributed by atoms with Gasteiger partial charge in [0, 0.05) is 11.0 Å². The van der Waals surface area contributed by atoms with Crippen LogP contribution in [0.25, 0.3) is 0 Å². The molecule has 0 fully saturated rings. The van der Waals surface area contributed by atoms with E-state index in [1.807, 2.05) is 0 Å². The lowest BCUT2D eigenvalue weighted by molar-refractivity contribution is 0.704. The third kappa shape index (κ3) is 2.51. The molecule has 0 amide bonds. The van der Waals surface area contributed by atoms with Crippen molar-refractivity contribution in [2.24, 2.45) is 4.99 Å². The molecule has 1 aliphatic heterocycles. The first-order valence-electron chi connectivity index (χ1n) is 4.97. The zero-order chi connectivity index (χ0) is 8.97. The number of aliphatic imine (C=N–C) groups is 1. The monoisotopic (exact) mass is 185 g/mol. The van der Waals surface area contributed by atoms with Crippen molar-refractivity contribution in [2.75, 3.05) is 0 Å². The SMILES string of the molecule is CCCC[C@@H]1N=C(C)[C@H](CC)S1. The van der Waals surface area contributed by atoms with Gasteiger partial charge in [-0.1, -0.05) is 26.7 Å². The highest BCUT2D eigenvalue weighted by Crippen LogP contribution is 2.32. The van der Waals surface area contributed by atoms with Crippen LogP contribution in [0.1, 0.15) is 46.5 Å². The van der Waals surface area contributed by atoms with E-state index in [-0.39, 0.29) is 0 Å². The van der Waals surface area contributed by atoms with Gasteiger partial charge >= 0.3 is 0 Å². The molecule has 1 rings (SSSR count). The molecule has 0 saturated heterocycles. The van der Waals surface area contributed by atoms with Gasteiger partial charge in [0.05, 0.1) is 5.37 Å². The number of thioether (sulfide) groups is 1. The van der Waals surface area contributed by atoms with Crippen molar-refractivity contribution >= 4 is 17.5 Å². The van der Waals surface area contributed by atoms with Crippen LogP contribution in [-0.2, 0) is 0 Å². The maximum Gasteiger partial charge on any atom is 0.0957 e. The van der Waals surface area contributed by atoms with E-state index in [4.69, 9.17) is 0 Å². The van der Waals surface area contributed by atoms with Crippen molar-refractivity contribution in [1.29, 1.82) is 0 Å². The first kappa shape index (κ1) is 10.1. The Balaban J connectivity index is 2.33. The van der Waals surface area contributed by atoms with Gasteiger partial charge in [0.1, 0.15) is 0 Å². The molecule has 1 heterocycles. The second-order valence-corrected chi connectivity index (χ2v) is 4.79. The van der Waals surface area contributed by atoms with E-state index >= 15 is 0 Å². The molecule has 12 heavy (non-hydrogen) atoms. The third-order valence-corrected chi connectivity index (χ3v) is 3.97. The Bertz CT molecular complexity index is 165. The fourth-order valence-electron chi connectivity index (χ4n) is 1.53. The Kier molecular flexibility index (Phi) is 4.13. The lowest BCUT2D eigenvalue weighted by Crippen LogP contribution is -2.06.